The van der Waals surface area contributed by atoms with E-state index in [0.29, 0.717) is 12.6 Å². The van der Waals surface area contributed by atoms with Crippen LogP contribution in [0.4, 0.5) is 5.13 Å². The van der Waals surface area contributed by atoms with E-state index in [9.17, 15) is 4.79 Å². The Labute approximate surface area is 149 Å². The van der Waals surface area contributed by atoms with Gasteiger partial charge in [-0.2, -0.15) is 0 Å². The molecule has 0 aromatic carbocycles. The predicted octanol–water partition coefficient (Wildman–Crippen LogP) is 2.94. The number of nitrogens with one attached hydrogen (secondary N) is 2. The molecule has 0 saturated heterocycles. The zero-order valence-electron chi connectivity index (χ0n) is 13.7. The van der Waals surface area contributed by atoms with Gasteiger partial charge in [0.05, 0.1) is 5.25 Å². The Morgan fingerprint density at radius 1 is 1.42 bits per heavy atom. The lowest BCUT2D eigenvalue weighted by Crippen LogP contribution is -2.35. The topological polar surface area (TPSA) is 79.8 Å². The van der Waals surface area contributed by atoms with E-state index in [1.165, 1.54) is 35.9 Å². The van der Waals surface area contributed by atoms with Crippen LogP contribution in [0.15, 0.2) is 28.9 Å². The van der Waals surface area contributed by atoms with Crippen LogP contribution in [-0.4, -0.2) is 32.4 Å². The maximum Gasteiger partial charge on any atom is 0.234 e. The number of amides is 1. The molecule has 1 amide bonds. The van der Waals surface area contributed by atoms with Crippen molar-refractivity contribution in [2.45, 2.75) is 48.9 Å². The molecule has 1 fully saturated rings. The minimum absolute atomic E-state index is 0.0192. The standard InChI is InChI=1S/C16H21N5OS2/c1-10(2)13(14(22)18-9-11-4-3-7-17-8-11)23-16-21-20-15(24-16)19-12-5-6-12/h3-4,7-8,10,12-13H,5-6,9H2,1-2H3,(H,18,22)(H,19,20). The van der Waals surface area contributed by atoms with E-state index in [4.69, 9.17) is 0 Å². The summed E-state index contributed by atoms with van der Waals surface area (Å²) in [5.74, 6) is 0.221. The fraction of sp³-hybridized carbons (Fsp3) is 0.500. The zero-order valence-corrected chi connectivity index (χ0v) is 15.4. The molecule has 1 unspecified atom stereocenters. The van der Waals surface area contributed by atoms with Gasteiger partial charge in [0, 0.05) is 25.0 Å². The quantitative estimate of drug-likeness (QED) is 0.702. The first-order valence-electron chi connectivity index (χ1n) is 8.05. The van der Waals surface area contributed by atoms with Gasteiger partial charge in [0.1, 0.15) is 0 Å². The Morgan fingerprint density at radius 3 is 2.92 bits per heavy atom. The molecule has 8 heteroatoms. The first kappa shape index (κ1) is 17.2. The highest BCUT2D eigenvalue weighted by Gasteiger charge is 2.26. The van der Waals surface area contributed by atoms with Gasteiger partial charge in [-0.1, -0.05) is 43.0 Å². The molecule has 1 aliphatic carbocycles. The van der Waals surface area contributed by atoms with E-state index in [2.05, 4.69) is 25.8 Å². The number of carbonyl (C=O) groups excluding carboxylic acids is 1. The second kappa shape index (κ2) is 7.94. The van der Waals surface area contributed by atoms with Crippen molar-refractivity contribution >= 4 is 34.1 Å². The molecule has 0 bridgehead atoms. The molecular formula is C16H21N5OS2. The van der Waals surface area contributed by atoms with Gasteiger partial charge < -0.3 is 10.6 Å². The highest BCUT2D eigenvalue weighted by atomic mass is 32.2. The van der Waals surface area contributed by atoms with Crippen LogP contribution in [-0.2, 0) is 11.3 Å². The second-order valence-corrected chi connectivity index (χ2v) is 8.52. The SMILES string of the molecule is CC(C)C(Sc1nnc(NC2CC2)s1)C(=O)NCc1cccnc1. The predicted molar refractivity (Wildman–Crippen MR) is 97.1 cm³/mol. The van der Waals surface area contributed by atoms with Gasteiger partial charge in [-0.15, -0.1) is 10.2 Å². The summed E-state index contributed by atoms with van der Waals surface area (Å²) in [4.78, 5) is 16.6. The molecule has 128 valence electrons. The molecule has 2 aromatic heterocycles. The molecule has 1 atom stereocenters. The van der Waals surface area contributed by atoms with Crippen LogP contribution in [0.3, 0.4) is 0 Å². The van der Waals surface area contributed by atoms with Crippen molar-refractivity contribution in [1.29, 1.82) is 0 Å². The Morgan fingerprint density at radius 2 is 2.25 bits per heavy atom. The fourth-order valence-electron chi connectivity index (χ4n) is 2.11. The highest BCUT2D eigenvalue weighted by molar-refractivity contribution is 8.02. The maximum absolute atomic E-state index is 12.5. The van der Waals surface area contributed by atoms with E-state index >= 15 is 0 Å². The summed E-state index contributed by atoms with van der Waals surface area (Å²) in [5, 5.41) is 15.3. The van der Waals surface area contributed by atoms with Crippen molar-refractivity contribution in [2.24, 2.45) is 5.92 Å². The molecule has 6 nitrogen and oxygen atoms in total. The third-order valence-corrected chi connectivity index (χ3v) is 6.08. The molecule has 3 rings (SSSR count). The number of hydrogen-bond acceptors (Lipinski definition) is 7. The second-order valence-electron chi connectivity index (χ2n) is 6.15. The average molecular weight is 364 g/mol. The lowest BCUT2D eigenvalue weighted by Gasteiger charge is -2.18. The number of hydrogen-bond donors (Lipinski definition) is 2. The Hall–Kier alpha value is -1.67. The summed E-state index contributed by atoms with van der Waals surface area (Å²) in [6.07, 6.45) is 5.89. The summed E-state index contributed by atoms with van der Waals surface area (Å²) in [6.45, 7) is 4.58. The number of anilines is 1. The van der Waals surface area contributed by atoms with Gasteiger partial charge in [0.15, 0.2) is 4.34 Å². The molecule has 2 aromatic rings. The third kappa shape index (κ3) is 4.91. The van der Waals surface area contributed by atoms with Crippen molar-refractivity contribution in [2.75, 3.05) is 5.32 Å². The molecule has 24 heavy (non-hydrogen) atoms. The Kier molecular flexibility index (Phi) is 5.68. The van der Waals surface area contributed by atoms with E-state index in [1.807, 2.05) is 26.0 Å². The number of rotatable bonds is 8. The fourth-order valence-corrected chi connectivity index (χ4v) is 4.17. The summed E-state index contributed by atoms with van der Waals surface area (Å²) >= 11 is 3.00. The van der Waals surface area contributed by atoms with Gasteiger partial charge in [-0.05, 0) is 30.4 Å². The number of thioether (sulfide) groups is 1. The molecule has 0 aliphatic heterocycles. The van der Waals surface area contributed by atoms with Gasteiger partial charge >= 0.3 is 0 Å². The number of nitrogens with zero attached hydrogens (tertiary/aromatic N) is 3. The first-order chi connectivity index (χ1) is 11.6. The normalized spacial score (nSPS) is 15.3. The molecule has 1 saturated carbocycles. The van der Waals surface area contributed by atoms with Gasteiger partial charge in [0.2, 0.25) is 11.0 Å². The van der Waals surface area contributed by atoms with Crippen LogP contribution in [0.25, 0.3) is 0 Å². The lowest BCUT2D eigenvalue weighted by atomic mass is 10.1. The molecule has 1 aliphatic rings. The summed E-state index contributed by atoms with van der Waals surface area (Å²) in [7, 11) is 0. The number of pyridine rings is 1. The van der Waals surface area contributed by atoms with Crippen molar-refractivity contribution in [3.63, 3.8) is 0 Å². The van der Waals surface area contributed by atoms with Crippen LogP contribution in [0.1, 0.15) is 32.3 Å². The van der Waals surface area contributed by atoms with Crippen LogP contribution >= 0.6 is 23.1 Å². The average Bonchev–Trinajstić information content (AvgIpc) is 3.28. The molecular weight excluding hydrogens is 342 g/mol. The van der Waals surface area contributed by atoms with Crippen molar-refractivity contribution in [3.8, 4) is 0 Å². The Balaban J connectivity index is 1.56. The summed E-state index contributed by atoms with van der Waals surface area (Å²) in [6, 6.07) is 4.37. The first-order valence-corrected chi connectivity index (χ1v) is 9.74. The monoisotopic (exact) mass is 363 g/mol. The van der Waals surface area contributed by atoms with Crippen LogP contribution < -0.4 is 10.6 Å². The minimum atomic E-state index is -0.191. The van der Waals surface area contributed by atoms with E-state index in [-0.39, 0.29) is 17.1 Å². The van der Waals surface area contributed by atoms with E-state index in [1.54, 1.807) is 12.4 Å². The summed E-state index contributed by atoms with van der Waals surface area (Å²) in [5.41, 5.74) is 0.991. The van der Waals surface area contributed by atoms with Crippen LogP contribution in [0.5, 0.6) is 0 Å². The van der Waals surface area contributed by atoms with E-state index in [0.717, 1.165) is 15.0 Å². The zero-order chi connectivity index (χ0) is 16.9. The largest absolute Gasteiger partial charge is 0.357 e. The number of carbonyl (C=O) groups is 1. The molecule has 2 N–H and O–H groups in total. The number of aromatic nitrogens is 3. The maximum atomic E-state index is 12.5. The highest BCUT2D eigenvalue weighted by Crippen LogP contribution is 2.34. The lowest BCUT2D eigenvalue weighted by molar-refractivity contribution is -0.121. The van der Waals surface area contributed by atoms with Crippen LogP contribution in [0.2, 0.25) is 0 Å². The van der Waals surface area contributed by atoms with Crippen molar-refractivity contribution < 1.29 is 4.79 Å². The van der Waals surface area contributed by atoms with Gasteiger partial charge in [-0.3, -0.25) is 9.78 Å². The van der Waals surface area contributed by atoms with E-state index < -0.39 is 0 Å². The smallest absolute Gasteiger partial charge is 0.234 e. The minimum Gasteiger partial charge on any atom is -0.357 e. The molecule has 0 spiro atoms. The molecule has 2 heterocycles. The Bertz CT molecular complexity index is 672. The van der Waals surface area contributed by atoms with Crippen molar-refractivity contribution in [3.05, 3.63) is 30.1 Å². The summed E-state index contributed by atoms with van der Waals surface area (Å²) < 4.78 is 0.827. The third-order valence-electron chi connectivity index (χ3n) is 3.59. The van der Waals surface area contributed by atoms with Gasteiger partial charge in [0.25, 0.3) is 0 Å². The molecule has 0 radical (unpaired) electrons. The van der Waals surface area contributed by atoms with Crippen LogP contribution in [0, 0.1) is 5.92 Å². The van der Waals surface area contributed by atoms with Crippen molar-refractivity contribution in [1.82, 2.24) is 20.5 Å². The van der Waals surface area contributed by atoms with Gasteiger partial charge in [-0.25, -0.2) is 0 Å².